The van der Waals surface area contributed by atoms with Crippen molar-refractivity contribution in [3.63, 3.8) is 0 Å². The van der Waals surface area contributed by atoms with E-state index < -0.39 is 5.60 Å². The second-order valence-electron chi connectivity index (χ2n) is 7.00. The minimum absolute atomic E-state index is 0.162. The van der Waals surface area contributed by atoms with Crippen LogP contribution >= 0.6 is 0 Å². The first-order valence-corrected chi connectivity index (χ1v) is 7.56. The third-order valence-electron chi connectivity index (χ3n) is 4.31. The van der Waals surface area contributed by atoms with Gasteiger partial charge < -0.3 is 15.0 Å². The molecule has 0 aromatic rings. The summed E-state index contributed by atoms with van der Waals surface area (Å²) in [5, 5.41) is 3.47. The van der Waals surface area contributed by atoms with Gasteiger partial charge in [0.1, 0.15) is 5.60 Å². The first-order chi connectivity index (χ1) is 8.90. The summed E-state index contributed by atoms with van der Waals surface area (Å²) in [6, 6.07) is 0.571. The highest BCUT2D eigenvalue weighted by atomic mass is 16.6. The molecule has 2 aliphatic rings. The van der Waals surface area contributed by atoms with Crippen molar-refractivity contribution in [3.8, 4) is 0 Å². The Kier molecular flexibility index (Phi) is 4.39. The van der Waals surface area contributed by atoms with Gasteiger partial charge in [-0.05, 0) is 46.6 Å². The van der Waals surface area contributed by atoms with E-state index >= 15 is 0 Å². The highest BCUT2D eigenvalue weighted by molar-refractivity contribution is 5.69. The number of rotatable bonds is 3. The maximum Gasteiger partial charge on any atom is 0.410 e. The van der Waals surface area contributed by atoms with Crippen molar-refractivity contribution in [1.29, 1.82) is 0 Å². The molecule has 110 valence electrons. The highest BCUT2D eigenvalue weighted by Gasteiger charge is 2.40. The molecule has 4 heteroatoms. The van der Waals surface area contributed by atoms with E-state index in [0.29, 0.717) is 12.0 Å². The number of carbonyl (C=O) groups excluding carboxylic acids is 1. The molecule has 1 saturated carbocycles. The molecule has 0 bridgehead atoms. The minimum Gasteiger partial charge on any atom is -0.444 e. The fourth-order valence-corrected chi connectivity index (χ4v) is 3.39. The van der Waals surface area contributed by atoms with Gasteiger partial charge in [-0.2, -0.15) is 0 Å². The predicted molar refractivity (Wildman–Crippen MR) is 76.1 cm³/mol. The van der Waals surface area contributed by atoms with Crippen molar-refractivity contribution in [2.45, 2.75) is 58.1 Å². The van der Waals surface area contributed by atoms with Crippen LogP contribution in [0.5, 0.6) is 0 Å². The van der Waals surface area contributed by atoms with Gasteiger partial charge in [0.25, 0.3) is 0 Å². The number of ether oxygens (including phenoxy) is 1. The zero-order chi connectivity index (χ0) is 14.0. The lowest BCUT2D eigenvalue weighted by Gasteiger charge is -2.45. The summed E-state index contributed by atoms with van der Waals surface area (Å²) < 4.78 is 5.40. The van der Waals surface area contributed by atoms with E-state index in [0.717, 1.165) is 19.0 Å². The van der Waals surface area contributed by atoms with Gasteiger partial charge in [-0.25, -0.2) is 4.79 Å². The Labute approximate surface area is 116 Å². The lowest BCUT2D eigenvalue weighted by molar-refractivity contribution is -0.0103. The highest BCUT2D eigenvalue weighted by Crippen LogP contribution is 2.34. The average molecular weight is 268 g/mol. The molecule has 0 spiro atoms. The number of amides is 1. The minimum atomic E-state index is -0.393. The Morgan fingerprint density at radius 2 is 1.79 bits per heavy atom. The van der Waals surface area contributed by atoms with Gasteiger partial charge in [0.15, 0.2) is 0 Å². The molecule has 1 N–H and O–H groups in total. The standard InChI is InChI=1S/C15H28N2O2/c1-15(2,3)19-14(18)17-9-12(10-17)13(16-4)11-7-5-6-8-11/h11-13,16H,5-10H2,1-4H3. The Hall–Kier alpha value is -0.770. The van der Waals surface area contributed by atoms with Crippen molar-refractivity contribution < 1.29 is 9.53 Å². The second-order valence-corrected chi connectivity index (χ2v) is 7.00. The molecule has 2 fully saturated rings. The number of hydrogen-bond acceptors (Lipinski definition) is 3. The summed E-state index contributed by atoms with van der Waals surface area (Å²) >= 11 is 0. The number of hydrogen-bond donors (Lipinski definition) is 1. The molecular formula is C15H28N2O2. The Morgan fingerprint density at radius 3 is 2.26 bits per heavy atom. The van der Waals surface area contributed by atoms with Crippen LogP contribution in [0, 0.1) is 11.8 Å². The van der Waals surface area contributed by atoms with Gasteiger partial charge in [-0.3, -0.25) is 0 Å². The molecule has 2 rings (SSSR count). The van der Waals surface area contributed by atoms with E-state index in [9.17, 15) is 4.79 Å². The summed E-state index contributed by atoms with van der Waals surface area (Å²) in [7, 11) is 2.05. The fraction of sp³-hybridized carbons (Fsp3) is 0.933. The van der Waals surface area contributed by atoms with Gasteiger partial charge in [0.05, 0.1) is 0 Å². The third kappa shape index (κ3) is 3.62. The number of likely N-dealkylation sites (tertiary alicyclic amines) is 1. The summed E-state index contributed by atoms with van der Waals surface area (Å²) in [5.41, 5.74) is -0.393. The van der Waals surface area contributed by atoms with Crippen LogP contribution in [0.4, 0.5) is 4.79 Å². The summed E-state index contributed by atoms with van der Waals surface area (Å²) in [6.07, 6.45) is 5.25. The van der Waals surface area contributed by atoms with Gasteiger partial charge in [-0.1, -0.05) is 12.8 Å². The lowest BCUT2D eigenvalue weighted by atomic mass is 9.82. The van der Waals surface area contributed by atoms with Crippen molar-refractivity contribution >= 4 is 6.09 Å². The molecule has 1 aliphatic carbocycles. The number of carbonyl (C=O) groups is 1. The van der Waals surface area contributed by atoms with E-state index in [-0.39, 0.29) is 6.09 Å². The van der Waals surface area contributed by atoms with Crippen LogP contribution in [-0.2, 0) is 4.74 Å². The smallest absolute Gasteiger partial charge is 0.410 e. The quantitative estimate of drug-likeness (QED) is 0.855. The Balaban J connectivity index is 1.79. The van der Waals surface area contributed by atoms with Gasteiger partial charge in [0.2, 0.25) is 0 Å². The lowest BCUT2D eigenvalue weighted by Crippen LogP contribution is -2.59. The number of nitrogens with one attached hydrogen (secondary N) is 1. The van der Waals surface area contributed by atoms with Crippen LogP contribution in [0.1, 0.15) is 46.5 Å². The first kappa shape index (κ1) is 14.6. The molecule has 1 aliphatic heterocycles. The maximum atomic E-state index is 11.9. The van der Waals surface area contributed by atoms with Crippen LogP contribution < -0.4 is 5.32 Å². The zero-order valence-electron chi connectivity index (χ0n) is 12.7. The van der Waals surface area contributed by atoms with Gasteiger partial charge in [0, 0.05) is 25.0 Å². The molecule has 1 atom stereocenters. The zero-order valence-corrected chi connectivity index (χ0v) is 12.7. The SMILES string of the molecule is CNC(C1CCCC1)C1CN(C(=O)OC(C)(C)C)C1. The first-order valence-electron chi connectivity index (χ1n) is 7.56. The molecule has 1 amide bonds. The van der Waals surface area contributed by atoms with Crippen LogP contribution in [0.3, 0.4) is 0 Å². The molecule has 1 heterocycles. The van der Waals surface area contributed by atoms with Crippen LogP contribution in [0.2, 0.25) is 0 Å². The average Bonchev–Trinajstić information content (AvgIpc) is 2.72. The normalized spacial score (nSPS) is 23.3. The van der Waals surface area contributed by atoms with Crippen molar-refractivity contribution in [2.24, 2.45) is 11.8 Å². The van der Waals surface area contributed by atoms with E-state index in [2.05, 4.69) is 12.4 Å². The topological polar surface area (TPSA) is 41.6 Å². The van der Waals surface area contributed by atoms with Gasteiger partial charge in [-0.15, -0.1) is 0 Å². The molecule has 0 radical (unpaired) electrons. The maximum absolute atomic E-state index is 11.9. The molecular weight excluding hydrogens is 240 g/mol. The third-order valence-corrected chi connectivity index (χ3v) is 4.31. The second kappa shape index (κ2) is 5.70. The van der Waals surface area contributed by atoms with Gasteiger partial charge >= 0.3 is 6.09 Å². The van der Waals surface area contributed by atoms with Crippen molar-refractivity contribution in [2.75, 3.05) is 20.1 Å². The molecule has 1 unspecified atom stereocenters. The number of nitrogens with zero attached hydrogens (tertiary/aromatic N) is 1. The molecule has 0 aromatic heterocycles. The Bertz CT molecular complexity index is 313. The summed E-state index contributed by atoms with van der Waals surface area (Å²) in [6.45, 7) is 7.43. The molecule has 1 saturated heterocycles. The van der Waals surface area contributed by atoms with E-state index in [4.69, 9.17) is 4.74 Å². The Morgan fingerprint density at radius 1 is 1.21 bits per heavy atom. The molecule has 19 heavy (non-hydrogen) atoms. The monoisotopic (exact) mass is 268 g/mol. The summed E-state index contributed by atoms with van der Waals surface area (Å²) in [5.74, 6) is 1.40. The molecule has 4 nitrogen and oxygen atoms in total. The van der Waals surface area contributed by atoms with Crippen LogP contribution in [0.25, 0.3) is 0 Å². The predicted octanol–water partition coefficient (Wildman–Crippen LogP) is 2.63. The fourth-order valence-electron chi connectivity index (χ4n) is 3.39. The van der Waals surface area contributed by atoms with Crippen LogP contribution in [0.15, 0.2) is 0 Å². The van der Waals surface area contributed by atoms with Crippen LogP contribution in [-0.4, -0.2) is 42.8 Å². The summed E-state index contributed by atoms with van der Waals surface area (Å²) in [4.78, 5) is 13.7. The van der Waals surface area contributed by atoms with E-state index in [1.165, 1.54) is 25.7 Å². The van der Waals surface area contributed by atoms with E-state index in [1.807, 2.05) is 25.7 Å². The van der Waals surface area contributed by atoms with E-state index in [1.54, 1.807) is 0 Å². The van der Waals surface area contributed by atoms with Crippen molar-refractivity contribution in [1.82, 2.24) is 10.2 Å². The van der Waals surface area contributed by atoms with Crippen molar-refractivity contribution in [3.05, 3.63) is 0 Å². The molecule has 0 aromatic carbocycles. The largest absolute Gasteiger partial charge is 0.444 e.